The van der Waals surface area contributed by atoms with Crippen molar-refractivity contribution in [1.82, 2.24) is 29.7 Å². The predicted octanol–water partition coefficient (Wildman–Crippen LogP) is 8.20. The smallest absolute Gasteiger partial charge is 0.124 e. The summed E-state index contributed by atoms with van der Waals surface area (Å²) in [6.45, 7) is 3.44. The Morgan fingerprint density at radius 3 is 1.27 bits per heavy atom. The molecule has 7 rings (SSSR count). The van der Waals surface area contributed by atoms with Crippen LogP contribution in [0.5, 0.6) is 5.75 Å². The summed E-state index contributed by atoms with van der Waals surface area (Å²) < 4.78 is 0. The number of aromatic nitrogens is 4. The van der Waals surface area contributed by atoms with E-state index in [0.717, 1.165) is 45.0 Å². The molecule has 0 saturated heterocycles. The molecular formula is C42H38N6O. The summed E-state index contributed by atoms with van der Waals surface area (Å²) >= 11 is 0. The Kier molecular flexibility index (Phi) is 10.0. The second-order valence-electron chi connectivity index (χ2n) is 12.2. The van der Waals surface area contributed by atoms with E-state index in [1.807, 2.05) is 97.6 Å². The SMILES string of the molecule is Oc1c(CN(Cc2ccccn2)Cc2ccccn2)cc(-c2cccc3ccccc23)cc1CN(Cc1ccccn1)Cc1ccccn1. The van der Waals surface area contributed by atoms with Gasteiger partial charge in [-0.05, 0) is 82.6 Å². The molecule has 0 aliphatic heterocycles. The molecule has 1 N–H and O–H groups in total. The van der Waals surface area contributed by atoms with Crippen molar-refractivity contribution in [1.29, 1.82) is 0 Å². The van der Waals surface area contributed by atoms with Crippen LogP contribution in [0.15, 0.2) is 152 Å². The number of fused-ring (bicyclic) bond motifs is 1. The van der Waals surface area contributed by atoms with Crippen molar-refractivity contribution in [3.63, 3.8) is 0 Å². The highest BCUT2D eigenvalue weighted by molar-refractivity contribution is 5.97. The lowest BCUT2D eigenvalue weighted by atomic mass is 9.94. The first-order chi connectivity index (χ1) is 24.2. The Morgan fingerprint density at radius 1 is 0.429 bits per heavy atom. The van der Waals surface area contributed by atoms with Crippen LogP contribution < -0.4 is 0 Å². The van der Waals surface area contributed by atoms with E-state index >= 15 is 0 Å². The summed E-state index contributed by atoms with van der Waals surface area (Å²) in [4.78, 5) is 23.0. The fraction of sp³-hybridized carbons (Fsp3) is 0.143. The molecule has 7 nitrogen and oxygen atoms in total. The highest BCUT2D eigenvalue weighted by Crippen LogP contribution is 2.36. The highest BCUT2D eigenvalue weighted by Gasteiger charge is 2.20. The maximum atomic E-state index is 12.1. The lowest BCUT2D eigenvalue weighted by molar-refractivity contribution is 0.231. The van der Waals surface area contributed by atoms with Crippen molar-refractivity contribution < 1.29 is 5.11 Å². The van der Waals surface area contributed by atoms with Gasteiger partial charge in [-0.3, -0.25) is 29.7 Å². The van der Waals surface area contributed by atoms with Gasteiger partial charge in [-0.15, -0.1) is 0 Å². The van der Waals surface area contributed by atoms with Crippen molar-refractivity contribution in [3.05, 3.63) is 186 Å². The fourth-order valence-electron chi connectivity index (χ4n) is 6.33. The first-order valence-electron chi connectivity index (χ1n) is 16.6. The second kappa shape index (κ2) is 15.4. The van der Waals surface area contributed by atoms with E-state index in [9.17, 15) is 5.11 Å². The molecule has 0 aliphatic rings. The second-order valence-corrected chi connectivity index (χ2v) is 12.2. The molecule has 7 aromatic rings. The Balaban J connectivity index is 1.30. The zero-order valence-corrected chi connectivity index (χ0v) is 27.3. The average Bonchev–Trinajstić information content (AvgIpc) is 3.14. The quantitative estimate of drug-likeness (QED) is 0.136. The Morgan fingerprint density at radius 2 is 0.837 bits per heavy atom. The topological polar surface area (TPSA) is 78.3 Å². The zero-order chi connectivity index (χ0) is 33.3. The minimum absolute atomic E-state index is 0.295. The van der Waals surface area contributed by atoms with Gasteiger partial charge in [0.15, 0.2) is 0 Å². The molecule has 3 aromatic carbocycles. The van der Waals surface area contributed by atoms with Crippen LogP contribution in [0, 0.1) is 0 Å². The van der Waals surface area contributed by atoms with Gasteiger partial charge in [-0.25, -0.2) is 0 Å². The molecule has 4 heterocycles. The molecule has 0 bridgehead atoms. The van der Waals surface area contributed by atoms with E-state index in [1.54, 1.807) is 0 Å². The molecular weight excluding hydrogens is 605 g/mol. The van der Waals surface area contributed by atoms with Crippen LogP contribution in [-0.2, 0) is 39.3 Å². The number of nitrogens with zero attached hydrogens (tertiary/aromatic N) is 6. The largest absolute Gasteiger partial charge is 0.507 e. The average molecular weight is 643 g/mol. The minimum atomic E-state index is 0.295. The van der Waals surface area contributed by atoms with E-state index in [2.05, 4.69) is 84.3 Å². The molecule has 0 unspecified atom stereocenters. The number of hydrogen-bond acceptors (Lipinski definition) is 7. The van der Waals surface area contributed by atoms with Crippen LogP contribution in [0.4, 0.5) is 0 Å². The van der Waals surface area contributed by atoms with Gasteiger partial charge in [-0.2, -0.15) is 0 Å². The molecule has 49 heavy (non-hydrogen) atoms. The van der Waals surface area contributed by atoms with Crippen LogP contribution in [0.2, 0.25) is 0 Å². The van der Waals surface area contributed by atoms with E-state index in [-0.39, 0.29) is 0 Å². The first kappa shape index (κ1) is 31.8. The van der Waals surface area contributed by atoms with Gasteiger partial charge in [0.05, 0.1) is 22.8 Å². The number of pyridine rings is 4. The summed E-state index contributed by atoms with van der Waals surface area (Å²) in [6.07, 6.45) is 7.29. The van der Waals surface area contributed by atoms with Gasteiger partial charge in [0.2, 0.25) is 0 Å². The molecule has 0 atom stereocenters. The Labute approximate surface area is 287 Å². The van der Waals surface area contributed by atoms with Crippen LogP contribution in [0.1, 0.15) is 33.9 Å². The highest BCUT2D eigenvalue weighted by atomic mass is 16.3. The number of benzene rings is 3. The van der Waals surface area contributed by atoms with Crippen molar-refractivity contribution in [2.75, 3.05) is 0 Å². The van der Waals surface area contributed by atoms with Gasteiger partial charge in [0.25, 0.3) is 0 Å². The van der Waals surface area contributed by atoms with E-state index in [0.29, 0.717) is 45.0 Å². The summed E-state index contributed by atoms with van der Waals surface area (Å²) in [7, 11) is 0. The van der Waals surface area contributed by atoms with Crippen LogP contribution in [0.3, 0.4) is 0 Å². The first-order valence-corrected chi connectivity index (χ1v) is 16.6. The lowest BCUT2D eigenvalue weighted by Gasteiger charge is -2.26. The van der Waals surface area contributed by atoms with Crippen molar-refractivity contribution in [2.45, 2.75) is 39.3 Å². The maximum Gasteiger partial charge on any atom is 0.124 e. The number of phenolic OH excluding ortho intramolecular Hbond substituents is 1. The van der Waals surface area contributed by atoms with Crippen LogP contribution in [0.25, 0.3) is 21.9 Å². The van der Waals surface area contributed by atoms with Gasteiger partial charge >= 0.3 is 0 Å². The third kappa shape index (κ3) is 8.22. The number of aromatic hydroxyl groups is 1. The van der Waals surface area contributed by atoms with Gasteiger partial charge in [0, 0.05) is 75.2 Å². The Hall–Kier alpha value is -5.76. The summed E-state index contributed by atoms with van der Waals surface area (Å²) in [5.74, 6) is 0.295. The molecule has 0 saturated carbocycles. The van der Waals surface area contributed by atoms with Crippen molar-refractivity contribution >= 4 is 10.8 Å². The molecule has 0 radical (unpaired) electrons. The van der Waals surface area contributed by atoms with Crippen molar-refractivity contribution in [2.24, 2.45) is 0 Å². The van der Waals surface area contributed by atoms with Gasteiger partial charge in [-0.1, -0.05) is 66.7 Å². The van der Waals surface area contributed by atoms with Crippen molar-refractivity contribution in [3.8, 4) is 16.9 Å². The summed E-state index contributed by atoms with van der Waals surface area (Å²) in [5, 5.41) is 14.5. The molecule has 0 amide bonds. The number of hydrogen-bond donors (Lipinski definition) is 1. The maximum absolute atomic E-state index is 12.1. The Bertz CT molecular complexity index is 1900. The van der Waals surface area contributed by atoms with Gasteiger partial charge in [0.1, 0.15) is 5.75 Å². The molecule has 242 valence electrons. The zero-order valence-electron chi connectivity index (χ0n) is 27.3. The molecule has 4 aromatic heterocycles. The molecule has 0 spiro atoms. The predicted molar refractivity (Wildman–Crippen MR) is 194 cm³/mol. The molecule has 7 heteroatoms. The normalized spacial score (nSPS) is 11.4. The third-order valence-corrected chi connectivity index (χ3v) is 8.60. The minimum Gasteiger partial charge on any atom is -0.507 e. The fourth-order valence-corrected chi connectivity index (χ4v) is 6.33. The number of rotatable bonds is 13. The van der Waals surface area contributed by atoms with Crippen LogP contribution in [-0.4, -0.2) is 34.8 Å². The summed E-state index contributed by atoms with van der Waals surface area (Å²) in [5.41, 5.74) is 7.72. The standard InChI is InChI=1S/C42H38N6O/c49-42-34(26-47(28-36-14-3-7-20-43-36)29-37-15-4-8-21-44-37)24-33(41-19-11-13-32-12-1-2-18-40(32)41)25-35(42)27-48(30-38-16-5-9-22-45-38)31-39-17-6-10-23-46-39/h1-25,49H,26-31H2. The molecule has 0 fully saturated rings. The molecule has 0 aliphatic carbocycles. The van der Waals surface area contributed by atoms with E-state index in [1.165, 1.54) is 10.8 Å². The number of phenols is 1. The van der Waals surface area contributed by atoms with E-state index in [4.69, 9.17) is 0 Å². The lowest BCUT2D eigenvalue weighted by Crippen LogP contribution is -2.25. The summed E-state index contributed by atoms with van der Waals surface area (Å²) in [6, 6.07) is 43.1. The monoisotopic (exact) mass is 642 g/mol. The third-order valence-electron chi connectivity index (χ3n) is 8.60. The van der Waals surface area contributed by atoms with Gasteiger partial charge < -0.3 is 5.11 Å². The van der Waals surface area contributed by atoms with E-state index < -0.39 is 0 Å². The van der Waals surface area contributed by atoms with Crippen LogP contribution >= 0.6 is 0 Å².